The van der Waals surface area contributed by atoms with Gasteiger partial charge < -0.3 is 16.0 Å². The summed E-state index contributed by atoms with van der Waals surface area (Å²) in [7, 11) is 0. The number of aromatic nitrogens is 4. The van der Waals surface area contributed by atoms with Crippen LogP contribution in [0.3, 0.4) is 0 Å². The maximum absolute atomic E-state index is 13.2. The molecule has 7 nitrogen and oxygen atoms in total. The second-order valence-corrected chi connectivity index (χ2v) is 7.59. The van der Waals surface area contributed by atoms with Crippen LogP contribution in [0.2, 0.25) is 0 Å². The minimum Gasteiger partial charge on any atom is -0.402 e. The number of alkyl halides is 3. The Morgan fingerprint density at radius 3 is 2.64 bits per heavy atom. The number of allylic oxidation sites excluding steroid dienone is 1. The van der Waals surface area contributed by atoms with Crippen molar-refractivity contribution in [3.05, 3.63) is 53.6 Å². The third kappa shape index (κ3) is 5.15. The molecule has 1 aliphatic rings. The van der Waals surface area contributed by atoms with E-state index >= 15 is 0 Å². The zero-order chi connectivity index (χ0) is 24.2. The van der Waals surface area contributed by atoms with Gasteiger partial charge in [-0.3, -0.25) is 4.40 Å². The lowest BCUT2D eigenvalue weighted by molar-refractivity contribution is -0.137. The summed E-state index contributed by atoms with van der Waals surface area (Å²) < 4.78 is 40.8. The first-order valence-electron chi connectivity index (χ1n) is 10.9. The molecule has 0 bridgehead atoms. The number of rotatable bonds is 4. The Bertz CT molecular complexity index is 1150. The smallest absolute Gasteiger partial charge is 0.402 e. The highest BCUT2D eigenvalue weighted by atomic mass is 19.4. The maximum Gasteiger partial charge on any atom is 0.417 e. The molecule has 10 heteroatoms. The predicted octanol–water partition coefficient (Wildman–Crippen LogP) is 4.93. The number of piperidine rings is 1. The normalized spacial score (nSPS) is 17.3. The number of nitrogens with two attached hydrogens (primary N) is 1. The number of anilines is 1. The van der Waals surface area contributed by atoms with Crippen LogP contribution in [-0.2, 0) is 6.18 Å². The first kappa shape index (κ1) is 24.2. The standard InChI is InChI=1S/C21H22F3N7.C2H6/c1-13(26)16(9-25)14-3-2-8-30(11-14)19-6-7-27-20(29-19)17-10-28-18-5-4-15(12-31(17)18)21(22,23)24;1-2/h4-7,9-10,12,14,25H,2-3,8,11,26H2,1H3;1-2H3/b16-13+,25-9?;. The lowest BCUT2D eigenvalue weighted by Gasteiger charge is -2.34. The van der Waals surface area contributed by atoms with Gasteiger partial charge in [0.1, 0.15) is 17.2 Å². The van der Waals surface area contributed by atoms with E-state index in [4.69, 9.17) is 11.1 Å². The second-order valence-electron chi connectivity index (χ2n) is 7.59. The van der Waals surface area contributed by atoms with Crippen molar-refractivity contribution in [1.82, 2.24) is 19.4 Å². The van der Waals surface area contributed by atoms with Gasteiger partial charge >= 0.3 is 6.18 Å². The number of pyridine rings is 1. The van der Waals surface area contributed by atoms with Crippen LogP contribution >= 0.6 is 0 Å². The fourth-order valence-corrected chi connectivity index (χ4v) is 3.96. The number of hydrogen-bond acceptors (Lipinski definition) is 6. The summed E-state index contributed by atoms with van der Waals surface area (Å²) in [5.74, 6) is 1.10. The Morgan fingerprint density at radius 1 is 1.21 bits per heavy atom. The molecule has 0 saturated carbocycles. The van der Waals surface area contributed by atoms with Gasteiger partial charge in [-0.1, -0.05) is 13.8 Å². The van der Waals surface area contributed by atoms with Crippen molar-refractivity contribution in [3.63, 3.8) is 0 Å². The van der Waals surface area contributed by atoms with E-state index in [-0.39, 0.29) is 5.92 Å². The molecular weight excluding hydrogens is 431 g/mol. The largest absolute Gasteiger partial charge is 0.417 e. The molecule has 1 aliphatic heterocycles. The first-order valence-corrected chi connectivity index (χ1v) is 10.9. The molecule has 3 N–H and O–H groups in total. The highest BCUT2D eigenvalue weighted by Crippen LogP contribution is 2.31. The summed E-state index contributed by atoms with van der Waals surface area (Å²) in [5, 5.41) is 7.67. The number of fused-ring (bicyclic) bond motifs is 1. The van der Waals surface area contributed by atoms with Crippen LogP contribution in [0.15, 0.2) is 48.1 Å². The van der Waals surface area contributed by atoms with E-state index in [0.717, 1.165) is 37.2 Å². The van der Waals surface area contributed by atoms with Crippen LogP contribution in [0.25, 0.3) is 17.2 Å². The monoisotopic (exact) mass is 459 g/mol. The minimum atomic E-state index is -4.46. The van der Waals surface area contributed by atoms with Gasteiger partial charge in [-0.2, -0.15) is 13.2 Å². The fourth-order valence-electron chi connectivity index (χ4n) is 3.96. The van der Waals surface area contributed by atoms with Gasteiger partial charge in [0, 0.05) is 43.3 Å². The van der Waals surface area contributed by atoms with Crippen molar-refractivity contribution < 1.29 is 13.2 Å². The fraction of sp³-hybridized carbons (Fsp3) is 0.391. The Balaban J connectivity index is 0.00000149. The summed E-state index contributed by atoms with van der Waals surface area (Å²) in [6.45, 7) is 7.23. The Kier molecular flexibility index (Phi) is 7.35. The molecule has 0 aromatic carbocycles. The van der Waals surface area contributed by atoms with E-state index in [9.17, 15) is 13.2 Å². The molecule has 0 spiro atoms. The average Bonchev–Trinajstić information content (AvgIpc) is 3.24. The molecule has 33 heavy (non-hydrogen) atoms. The molecule has 1 atom stereocenters. The molecule has 0 aliphatic carbocycles. The molecule has 176 valence electrons. The van der Waals surface area contributed by atoms with Crippen LogP contribution in [0, 0.1) is 11.3 Å². The molecule has 1 fully saturated rings. The van der Waals surface area contributed by atoms with Crippen molar-refractivity contribution in [3.8, 4) is 11.5 Å². The lowest BCUT2D eigenvalue weighted by Crippen LogP contribution is -2.37. The molecule has 4 heterocycles. The highest BCUT2D eigenvalue weighted by Gasteiger charge is 2.31. The van der Waals surface area contributed by atoms with Gasteiger partial charge in [-0.25, -0.2) is 15.0 Å². The third-order valence-corrected chi connectivity index (χ3v) is 5.50. The molecule has 3 aromatic rings. The Morgan fingerprint density at radius 2 is 1.97 bits per heavy atom. The van der Waals surface area contributed by atoms with E-state index in [0.29, 0.717) is 35.2 Å². The third-order valence-electron chi connectivity index (χ3n) is 5.50. The van der Waals surface area contributed by atoms with Gasteiger partial charge in [0.2, 0.25) is 0 Å². The first-order chi connectivity index (χ1) is 15.8. The van der Waals surface area contributed by atoms with Crippen molar-refractivity contribution in [1.29, 1.82) is 5.41 Å². The number of halogens is 3. The summed E-state index contributed by atoms with van der Waals surface area (Å²) in [6, 6.07) is 4.11. The summed E-state index contributed by atoms with van der Waals surface area (Å²) in [4.78, 5) is 15.2. The molecule has 4 rings (SSSR count). The SMILES string of the molecule is C/C(N)=C(/C=N)C1CCCN(c2ccnc(-c3cnc4ccc(C(F)(F)F)cn34)n2)C1.CC. The van der Waals surface area contributed by atoms with Crippen molar-refractivity contribution in [2.45, 2.75) is 39.8 Å². The Hall–Kier alpha value is -3.43. The van der Waals surface area contributed by atoms with Crippen LogP contribution < -0.4 is 10.6 Å². The van der Waals surface area contributed by atoms with Crippen LogP contribution in [0.1, 0.15) is 39.2 Å². The molecule has 1 unspecified atom stereocenters. The van der Waals surface area contributed by atoms with E-state index in [1.54, 1.807) is 19.2 Å². The van der Waals surface area contributed by atoms with Crippen LogP contribution in [0.5, 0.6) is 0 Å². The van der Waals surface area contributed by atoms with Gasteiger partial charge in [0.25, 0.3) is 0 Å². The van der Waals surface area contributed by atoms with Crippen LogP contribution in [-0.4, -0.2) is 38.7 Å². The van der Waals surface area contributed by atoms with Crippen molar-refractivity contribution in [2.24, 2.45) is 11.7 Å². The molecule has 0 radical (unpaired) electrons. The molecule has 1 saturated heterocycles. The van der Waals surface area contributed by atoms with Crippen molar-refractivity contribution >= 4 is 17.7 Å². The Labute approximate surface area is 190 Å². The number of nitrogens with one attached hydrogen (secondary N) is 1. The second kappa shape index (κ2) is 10.0. The zero-order valence-electron chi connectivity index (χ0n) is 18.9. The topological polar surface area (TPSA) is 96.2 Å². The number of hydrogen-bond donors (Lipinski definition) is 2. The summed E-state index contributed by atoms with van der Waals surface area (Å²) in [5.41, 5.74) is 7.40. The highest BCUT2D eigenvalue weighted by molar-refractivity contribution is 5.77. The number of nitrogens with zero attached hydrogens (tertiary/aromatic N) is 5. The quantitative estimate of drug-likeness (QED) is 0.539. The van der Waals surface area contributed by atoms with Gasteiger partial charge in [-0.05, 0) is 43.5 Å². The zero-order valence-corrected chi connectivity index (χ0v) is 18.9. The van der Waals surface area contributed by atoms with Gasteiger partial charge in [-0.15, -0.1) is 0 Å². The van der Waals surface area contributed by atoms with E-state index < -0.39 is 11.7 Å². The number of imidazole rings is 1. The van der Waals surface area contributed by atoms with Crippen LogP contribution in [0.4, 0.5) is 19.0 Å². The van der Waals surface area contributed by atoms with E-state index in [1.807, 2.05) is 13.8 Å². The lowest BCUT2D eigenvalue weighted by atomic mass is 9.90. The molecule has 0 amide bonds. The van der Waals surface area contributed by atoms with Gasteiger partial charge in [0.05, 0.1) is 11.8 Å². The van der Waals surface area contributed by atoms with Crippen molar-refractivity contribution in [2.75, 3.05) is 18.0 Å². The predicted molar refractivity (Wildman–Crippen MR) is 123 cm³/mol. The van der Waals surface area contributed by atoms with Gasteiger partial charge in [0.15, 0.2) is 5.82 Å². The minimum absolute atomic E-state index is 0.125. The molecule has 3 aromatic heterocycles. The van der Waals surface area contributed by atoms with E-state index in [1.165, 1.54) is 22.9 Å². The molecular formula is C23H28F3N7. The van der Waals surface area contributed by atoms with E-state index in [2.05, 4.69) is 19.9 Å². The average molecular weight is 460 g/mol. The summed E-state index contributed by atoms with van der Waals surface area (Å²) >= 11 is 0. The maximum atomic E-state index is 13.2. The summed E-state index contributed by atoms with van der Waals surface area (Å²) in [6.07, 6.45) is 2.78.